The highest BCUT2D eigenvalue weighted by molar-refractivity contribution is 9.10. The summed E-state index contributed by atoms with van der Waals surface area (Å²) in [7, 11) is 0. The average Bonchev–Trinajstić information content (AvgIpc) is 2.39. The van der Waals surface area contributed by atoms with Gasteiger partial charge in [-0.3, -0.25) is 0 Å². The van der Waals surface area contributed by atoms with Crippen LogP contribution in [0.25, 0.3) is 0 Å². The molecule has 1 aliphatic rings. The first-order valence-corrected chi connectivity index (χ1v) is 7.54. The molecule has 94 valence electrons. The smallest absolute Gasteiger partial charge is 0.0207 e. The van der Waals surface area contributed by atoms with E-state index in [4.69, 9.17) is 5.73 Å². The zero-order valence-electron chi connectivity index (χ0n) is 10.4. The second kappa shape index (κ2) is 6.55. The summed E-state index contributed by atoms with van der Waals surface area (Å²) in [4.78, 5) is 0. The third kappa shape index (κ3) is 3.56. The summed E-state index contributed by atoms with van der Waals surface area (Å²) in [6.07, 6.45) is 8.11. The molecule has 1 saturated carbocycles. The fourth-order valence-electron chi connectivity index (χ4n) is 2.99. The monoisotopic (exact) mass is 295 g/mol. The molecule has 0 saturated heterocycles. The Kier molecular flexibility index (Phi) is 5.05. The van der Waals surface area contributed by atoms with Gasteiger partial charge >= 0.3 is 0 Å². The van der Waals surface area contributed by atoms with Crippen LogP contribution in [0, 0.1) is 11.8 Å². The van der Waals surface area contributed by atoms with Crippen LogP contribution in [0.1, 0.15) is 37.7 Å². The maximum atomic E-state index is 5.99. The fraction of sp³-hybridized carbons (Fsp3) is 0.600. The van der Waals surface area contributed by atoms with E-state index in [9.17, 15) is 0 Å². The number of hydrogen-bond donors (Lipinski definition) is 1. The van der Waals surface area contributed by atoms with Crippen molar-refractivity contribution in [3.05, 3.63) is 34.3 Å². The lowest BCUT2D eigenvalue weighted by Gasteiger charge is -2.29. The van der Waals surface area contributed by atoms with Crippen molar-refractivity contribution in [3.63, 3.8) is 0 Å². The van der Waals surface area contributed by atoms with Crippen molar-refractivity contribution in [2.45, 2.75) is 38.5 Å². The van der Waals surface area contributed by atoms with Crippen molar-refractivity contribution >= 4 is 15.9 Å². The molecule has 0 heterocycles. The summed E-state index contributed by atoms with van der Waals surface area (Å²) in [5.41, 5.74) is 7.40. The first-order chi connectivity index (χ1) is 8.31. The second-order valence-electron chi connectivity index (χ2n) is 5.19. The van der Waals surface area contributed by atoms with E-state index < -0.39 is 0 Å². The Bertz CT molecular complexity index is 345. The molecule has 1 unspecified atom stereocenters. The van der Waals surface area contributed by atoms with Crippen LogP contribution >= 0.6 is 15.9 Å². The molecule has 17 heavy (non-hydrogen) atoms. The molecule has 1 aliphatic carbocycles. The van der Waals surface area contributed by atoms with Crippen LogP contribution in [0.5, 0.6) is 0 Å². The minimum Gasteiger partial charge on any atom is -0.330 e. The highest BCUT2D eigenvalue weighted by Gasteiger charge is 2.23. The molecule has 1 aromatic rings. The number of rotatable bonds is 4. The van der Waals surface area contributed by atoms with Crippen molar-refractivity contribution in [2.24, 2.45) is 17.6 Å². The molecule has 0 bridgehead atoms. The Balaban J connectivity index is 2.01. The van der Waals surface area contributed by atoms with E-state index in [0.717, 1.165) is 18.9 Å². The maximum Gasteiger partial charge on any atom is 0.0207 e. The van der Waals surface area contributed by atoms with Crippen LogP contribution in [0.2, 0.25) is 0 Å². The zero-order valence-corrected chi connectivity index (χ0v) is 12.0. The van der Waals surface area contributed by atoms with Gasteiger partial charge in [-0.15, -0.1) is 0 Å². The van der Waals surface area contributed by atoms with Gasteiger partial charge in [0.15, 0.2) is 0 Å². The quantitative estimate of drug-likeness (QED) is 0.887. The first kappa shape index (κ1) is 13.1. The molecule has 0 amide bonds. The molecule has 2 rings (SSSR count). The fourth-order valence-corrected chi connectivity index (χ4v) is 3.44. The summed E-state index contributed by atoms with van der Waals surface area (Å²) in [5, 5.41) is 0. The van der Waals surface area contributed by atoms with Gasteiger partial charge in [-0.2, -0.15) is 0 Å². The number of benzene rings is 1. The van der Waals surface area contributed by atoms with Crippen LogP contribution in [-0.2, 0) is 6.42 Å². The molecule has 0 aromatic heterocycles. The summed E-state index contributed by atoms with van der Waals surface area (Å²) in [6.45, 7) is 0.825. The van der Waals surface area contributed by atoms with Gasteiger partial charge in [0.1, 0.15) is 0 Å². The van der Waals surface area contributed by atoms with Gasteiger partial charge in [-0.25, -0.2) is 0 Å². The molecular weight excluding hydrogens is 274 g/mol. The summed E-state index contributed by atoms with van der Waals surface area (Å²) < 4.78 is 1.23. The molecule has 1 aromatic carbocycles. The number of nitrogens with two attached hydrogens (primary N) is 1. The largest absolute Gasteiger partial charge is 0.330 e. The van der Waals surface area contributed by atoms with Gasteiger partial charge in [0, 0.05) is 4.47 Å². The summed E-state index contributed by atoms with van der Waals surface area (Å²) >= 11 is 3.64. The van der Waals surface area contributed by atoms with Gasteiger partial charge in [0.25, 0.3) is 0 Å². The van der Waals surface area contributed by atoms with Crippen molar-refractivity contribution in [3.8, 4) is 0 Å². The third-order valence-electron chi connectivity index (χ3n) is 4.06. The molecule has 1 atom stereocenters. The standard InChI is InChI=1S/C15H22BrN/c16-15-9-5-4-8-13(15)10-14(11-17)12-6-2-1-3-7-12/h4-5,8-9,12,14H,1-3,6-7,10-11,17H2. The molecular formula is C15H22BrN. The van der Waals surface area contributed by atoms with E-state index in [1.165, 1.54) is 42.1 Å². The Morgan fingerprint density at radius 3 is 2.53 bits per heavy atom. The Labute approximate surface area is 113 Å². The average molecular weight is 296 g/mol. The zero-order chi connectivity index (χ0) is 12.1. The maximum absolute atomic E-state index is 5.99. The van der Waals surface area contributed by atoms with Gasteiger partial charge in [-0.1, -0.05) is 66.2 Å². The minimum absolute atomic E-state index is 0.661. The SMILES string of the molecule is NCC(Cc1ccccc1Br)C1CCCCC1. The van der Waals surface area contributed by atoms with E-state index in [1.807, 2.05) is 0 Å². The summed E-state index contributed by atoms with van der Waals surface area (Å²) in [6, 6.07) is 8.54. The first-order valence-electron chi connectivity index (χ1n) is 6.74. The molecule has 1 nitrogen and oxygen atoms in total. The Hall–Kier alpha value is -0.340. The van der Waals surface area contributed by atoms with Crippen LogP contribution in [0.4, 0.5) is 0 Å². The van der Waals surface area contributed by atoms with Gasteiger partial charge in [0.2, 0.25) is 0 Å². The topological polar surface area (TPSA) is 26.0 Å². The van der Waals surface area contributed by atoms with E-state index in [0.29, 0.717) is 5.92 Å². The van der Waals surface area contributed by atoms with Crippen LogP contribution < -0.4 is 5.73 Å². The van der Waals surface area contributed by atoms with Crippen LogP contribution in [0.15, 0.2) is 28.7 Å². The van der Waals surface area contributed by atoms with Gasteiger partial charge in [-0.05, 0) is 36.4 Å². The van der Waals surface area contributed by atoms with Gasteiger partial charge in [0.05, 0.1) is 0 Å². The predicted octanol–water partition coefficient (Wildman–Crippen LogP) is 4.15. The summed E-state index contributed by atoms with van der Waals surface area (Å²) in [5.74, 6) is 1.51. The Morgan fingerprint density at radius 1 is 1.18 bits per heavy atom. The van der Waals surface area contributed by atoms with E-state index in [-0.39, 0.29) is 0 Å². The lowest BCUT2D eigenvalue weighted by atomic mass is 9.77. The molecule has 2 heteroatoms. The number of hydrogen-bond acceptors (Lipinski definition) is 1. The lowest BCUT2D eigenvalue weighted by molar-refractivity contribution is 0.251. The lowest BCUT2D eigenvalue weighted by Crippen LogP contribution is -2.27. The molecule has 2 N–H and O–H groups in total. The second-order valence-corrected chi connectivity index (χ2v) is 6.04. The van der Waals surface area contributed by atoms with Crippen LogP contribution in [0.3, 0.4) is 0 Å². The van der Waals surface area contributed by atoms with E-state index in [2.05, 4.69) is 40.2 Å². The third-order valence-corrected chi connectivity index (χ3v) is 4.83. The highest BCUT2D eigenvalue weighted by Crippen LogP contribution is 2.32. The molecule has 0 spiro atoms. The molecule has 1 fully saturated rings. The van der Waals surface area contributed by atoms with Crippen LogP contribution in [-0.4, -0.2) is 6.54 Å². The number of halogens is 1. The van der Waals surface area contributed by atoms with Crippen molar-refractivity contribution in [1.82, 2.24) is 0 Å². The molecule has 0 radical (unpaired) electrons. The van der Waals surface area contributed by atoms with Crippen molar-refractivity contribution < 1.29 is 0 Å². The molecule has 0 aliphatic heterocycles. The van der Waals surface area contributed by atoms with Crippen molar-refractivity contribution in [2.75, 3.05) is 6.54 Å². The van der Waals surface area contributed by atoms with Crippen molar-refractivity contribution in [1.29, 1.82) is 0 Å². The normalized spacial score (nSPS) is 19.2. The van der Waals surface area contributed by atoms with E-state index >= 15 is 0 Å². The van der Waals surface area contributed by atoms with Gasteiger partial charge < -0.3 is 5.73 Å². The Morgan fingerprint density at radius 2 is 1.88 bits per heavy atom. The minimum atomic E-state index is 0.661. The van der Waals surface area contributed by atoms with E-state index in [1.54, 1.807) is 0 Å². The highest BCUT2D eigenvalue weighted by atomic mass is 79.9. The predicted molar refractivity (Wildman–Crippen MR) is 77.0 cm³/mol.